The number of esters is 1. The van der Waals surface area contributed by atoms with Crippen LogP contribution in [-0.2, 0) is 19.6 Å². The molecule has 0 fully saturated rings. The number of methoxy groups -OCH3 is 1. The summed E-state index contributed by atoms with van der Waals surface area (Å²) >= 11 is 3.35. The van der Waals surface area contributed by atoms with Crippen LogP contribution < -0.4 is 10.0 Å². The van der Waals surface area contributed by atoms with Crippen molar-refractivity contribution in [1.82, 2.24) is 10.0 Å². The highest BCUT2D eigenvalue weighted by Gasteiger charge is 2.20. The minimum atomic E-state index is -3.59. The Kier molecular flexibility index (Phi) is 7.73. The first-order valence-electron chi connectivity index (χ1n) is 8.49. The Morgan fingerprint density at radius 3 is 2.21 bits per heavy atom. The lowest BCUT2D eigenvalue weighted by atomic mass is 10.0. The van der Waals surface area contributed by atoms with Crippen molar-refractivity contribution in [3.8, 4) is 0 Å². The summed E-state index contributed by atoms with van der Waals surface area (Å²) in [6, 6.07) is 12.2. The SMILES string of the molecule is CCNS(=O)(=O)c1ccc(C(=O)NC(CC(=O)OC)c2ccc(Br)cc2)cc1. The van der Waals surface area contributed by atoms with Crippen molar-refractivity contribution in [2.24, 2.45) is 0 Å². The number of nitrogens with one attached hydrogen (secondary N) is 2. The number of ether oxygens (including phenoxy) is 1. The minimum Gasteiger partial charge on any atom is -0.469 e. The molecule has 0 bridgehead atoms. The van der Waals surface area contributed by atoms with Gasteiger partial charge in [-0.1, -0.05) is 35.0 Å². The fraction of sp³-hybridized carbons (Fsp3) is 0.263. The van der Waals surface area contributed by atoms with Crippen molar-refractivity contribution in [1.29, 1.82) is 0 Å². The van der Waals surface area contributed by atoms with Gasteiger partial charge in [0.15, 0.2) is 0 Å². The molecule has 0 aliphatic heterocycles. The first-order chi connectivity index (χ1) is 13.3. The zero-order chi connectivity index (χ0) is 20.7. The van der Waals surface area contributed by atoms with Gasteiger partial charge in [0.25, 0.3) is 5.91 Å². The van der Waals surface area contributed by atoms with E-state index in [2.05, 4.69) is 26.0 Å². The van der Waals surface area contributed by atoms with Crippen LogP contribution in [0.4, 0.5) is 0 Å². The van der Waals surface area contributed by atoms with E-state index >= 15 is 0 Å². The number of carbonyl (C=O) groups is 2. The Morgan fingerprint density at radius 2 is 1.68 bits per heavy atom. The van der Waals surface area contributed by atoms with Crippen molar-refractivity contribution in [2.45, 2.75) is 24.3 Å². The number of rotatable bonds is 8. The molecule has 9 heteroatoms. The molecule has 150 valence electrons. The van der Waals surface area contributed by atoms with E-state index in [9.17, 15) is 18.0 Å². The van der Waals surface area contributed by atoms with Crippen LogP contribution in [0.3, 0.4) is 0 Å². The second kappa shape index (κ2) is 9.81. The molecule has 28 heavy (non-hydrogen) atoms. The van der Waals surface area contributed by atoms with Crippen molar-refractivity contribution >= 4 is 37.8 Å². The van der Waals surface area contributed by atoms with Crippen molar-refractivity contribution in [3.63, 3.8) is 0 Å². The zero-order valence-electron chi connectivity index (χ0n) is 15.4. The predicted octanol–water partition coefficient (Wildman–Crippen LogP) is 2.78. The fourth-order valence-electron chi connectivity index (χ4n) is 2.50. The topological polar surface area (TPSA) is 102 Å². The third-order valence-electron chi connectivity index (χ3n) is 3.94. The normalized spacial score (nSPS) is 12.2. The van der Waals surface area contributed by atoms with Gasteiger partial charge in [0, 0.05) is 16.6 Å². The fourth-order valence-corrected chi connectivity index (χ4v) is 3.80. The van der Waals surface area contributed by atoms with Gasteiger partial charge in [-0.05, 0) is 42.0 Å². The molecule has 2 N–H and O–H groups in total. The molecule has 0 radical (unpaired) electrons. The number of halogens is 1. The van der Waals surface area contributed by atoms with Crippen molar-refractivity contribution < 1.29 is 22.7 Å². The van der Waals surface area contributed by atoms with Crippen molar-refractivity contribution in [2.75, 3.05) is 13.7 Å². The standard InChI is InChI=1S/C19H21BrN2O5S/c1-3-21-28(25,26)16-10-6-14(7-11-16)19(24)22-17(12-18(23)27-2)13-4-8-15(20)9-5-13/h4-11,17,21H,3,12H2,1-2H3,(H,22,24). The molecule has 2 aromatic carbocycles. The third-order valence-corrected chi connectivity index (χ3v) is 6.03. The monoisotopic (exact) mass is 468 g/mol. The molecule has 7 nitrogen and oxygen atoms in total. The molecule has 0 aliphatic carbocycles. The quantitative estimate of drug-likeness (QED) is 0.579. The van der Waals surface area contributed by atoms with Gasteiger partial charge in [0.05, 0.1) is 24.5 Å². The highest BCUT2D eigenvalue weighted by atomic mass is 79.9. The smallest absolute Gasteiger partial charge is 0.307 e. The zero-order valence-corrected chi connectivity index (χ0v) is 17.8. The molecule has 0 heterocycles. The van der Waals surface area contributed by atoms with Crippen LogP contribution >= 0.6 is 15.9 Å². The summed E-state index contributed by atoms with van der Waals surface area (Å²) in [4.78, 5) is 24.4. The van der Waals surface area contributed by atoms with E-state index in [1.54, 1.807) is 19.1 Å². The average Bonchev–Trinajstić information content (AvgIpc) is 2.68. The van der Waals surface area contributed by atoms with E-state index in [1.165, 1.54) is 31.4 Å². The molecule has 0 aromatic heterocycles. The van der Waals surface area contributed by atoms with Crippen LogP contribution in [0.5, 0.6) is 0 Å². The summed E-state index contributed by atoms with van der Waals surface area (Å²) in [5.74, 6) is -0.885. The maximum atomic E-state index is 12.6. The molecule has 1 atom stereocenters. The first kappa shape index (κ1) is 22.1. The van der Waals surface area contributed by atoms with Gasteiger partial charge in [-0.3, -0.25) is 9.59 Å². The Bertz CT molecular complexity index is 928. The molecule has 0 aliphatic rings. The largest absolute Gasteiger partial charge is 0.469 e. The summed E-state index contributed by atoms with van der Waals surface area (Å²) in [5, 5.41) is 2.80. The Hall–Kier alpha value is -2.23. The lowest BCUT2D eigenvalue weighted by molar-refractivity contribution is -0.141. The van der Waals surface area contributed by atoms with Crippen LogP contribution in [0, 0.1) is 0 Å². The van der Waals surface area contributed by atoms with Gasteiger partial charge in [-0.2, -0.15) is 0 Å². The van der Waals surface area contributed by atoms with E-state index in [4.69, 9.17) is 4.74 Å². The highest BCUT2D eigenvalue weighted by molar-refractivity contribution is 9.10. The van der Waals surface area contributed by atoms with Gasteiger partial charge in [-0.15, -0.1) is 0 Å². The molecular formula is C19H21BrN2O5S. The molecule has 1 unspecified atom stereocenters. The number of amides is 1. The minimum absolute atomic E-state index is 0.0310. The molecule has 2 aromatic rings. The predicted molar refractivity (Wildman–Crippen MR) is 108 cm³/mol. The number of benzene rings is 2. The second-order valence-electron chi connectivity index (χ2n) is 5.88. The van der Waals surface area contributed by atoms with E-state index < -0.39 is 27.9 Å². The number of carbonyl (C=O) groups excluding carboxylic acids is 2. The molecule has 1 amide bonds. The Labute approximate surface area is 172 Å². The van der Waals surface area contributed by atoms with E-state index in [1.807, 2.05) is 12.1 Å². The average molecular weight is 469 g/mol. The molecule has 0 spiro atoms. The first-order valence-corrected chi connectivity index (χ1v) is 10.8. The van der Waals surface area contributed by atoms with Gasteiger partial charge in [0.2, 0.25) is 10.0 Å². The van der Waals surface area contributed by atoms with E-state index in [0.29, 0.717) is 0 Å². The summed E-state index contributed by atoms with van der Waals surface area (Å²) in [5.41, 5.74) is 1.02. The van der Waals surface area contributed by atoms with Crippen LogP contribution in [0.15, 0.2) is 57.9 Å². The summed E-state index contributed by atoms with van der Waals surface area (Å²) < 4.78 is 32.0. The Balaban J connectivity index is 2.20. The van der Waals surface area contributed by atoms with Crippen molar-refractivity contribution in [3.05, 3.63) is 64.1 Å². The molecule has 0 saturated heterocycles. The summed E-state index contributed by atoms with van der Waals surface area (Å²) in [6.45, 7) is 1.95. The van der Waals surface area contributed by atoms with Gasteiger partial charge in [-0.25, -0.2) is 13.1 Å². The lowest BCUT2D eigenvalue weighted by Gasteiger charge is -2.18. The summed E-state index contributed by atoms with van der Waals surface area (Å²) in [6.07, 6.45) is -0.0310. The number of hydrogen-bond donors (Lipinski definition) is 2. The maximum Gasteiger partial charge on any atom is 0.307 e. The van der Waals surface area contributed by atoms with Crippen LogP contribution in [0.1, 0.15) is 35.3 Å². The highest BCUT2D eigenvalue weighted by Crippen LogP contribution is 2.21. The lowest BCUT2D eigenvalue weighted by Crippen LogP contribution is -2.30. The summed E-state index contributed by atoms with van der Waals surface area (Å²) in [7, 11) is -2.31. The number of hydrogen-bond acceptors (Lipinski definition) is 5. The van der Waals surface area contributed by atoms with Gasteiger partial charge in [0.1, 0.15) is 0 Å². The molecule has 0 saturated carbocycles. The van der Waals surface area contributed by atoms with Gasteiger partial charge < -0.3 is 10.1 Å². The van der Waals surface area contributed by atoms with Crippen LogP contribution in [-0.4, -0.2) is 33.9 Å². The van der Waals surface area contributed by atoms with E-state index in [0.717, 1.165) is 10.0 Å². The maximum absolute atomic E-state index is 12.6. The third kappa shape index (κ3) is 5.88. The Morgan fingerprint density at radius 1 is 1.07 bits per heavy atom. The second-order valence-corrected chi connectivity index (χ2v) is 8.57. The number of sulfonamides is 1. The van der Waals surface area contributed by atoms with E-state index in [-0.39, 0.29) is 23.4 Å². The molecule has 2 rings (SSSR count). The molecular weight excluding hydrogens is 448 g/mol. The van der Waals surface area contributed by atoms with Crippen LogP contribution in [0.25, 0.3) is 0 Å². The van der Waals surface area contributed by atoms with Crippen LogP contribution in [0.2, 0.25) is 0 Å². The van der Waals surface area contributed by atoms with Gasteiger partial charge >= 0.3 is 5.97 Å².